The minimum Gasteiger partial charge on any atom is -0.351 e. The molecule has 3 nitrogen and oxygen atoms in total. The number of nitrogens with one attached hydrogen (secondary N) is 1. The van der Waals surface area contributed by atoms with Gasteiger partial charge in [-0.25, -0.2) is 0 Å². The normalized spacial score (nSPS) is 12.4. The minimum absolute atomic E-state index is 0.0822. The number of amides is 1. The van der Waals surface area contributed by atoms with Crippen LogP contribution in [-0.2, 0) is 10.5 Å². The average molecular weight is 294 g/mol. The lowest BCUT2D eigenvalue weighted by atomic mass is 10.0. The number of carbonyl (C=O) groups is 1. The van der Waals surface area contributed by atoms with Crippen LogP contribution < -0.4 is 11.1 Å². The molecule has 1 unspecified atom stereocenters. The molecule has 3 N–H and O–H groups in total. The lowest BCUT2D eigenvalue weighted by Crippen LogP contribution is -2.41. The van der Waals surface area contributed by atoms with Gasteiger partial charge in [-0.3, -0.25) is 4.79 Å². The van der Waals surface area contributed by atoms with Gasteiger partial charge in [-0.2, -0.15) is 0 Å². The van der Waals surface area contributed by atoms with E-state index in [1.807, 2.05) is 0 Å². The number of hydrogen-bond acceptors (Lipinski definition) is 3. The predicted molar refractivity (Wildman–Crippen MR) is 87.8 cm³/mol. The Hall–Kier alpha value is -1.00. The number of aryl methyl sites for hydroxylation is 1. The SMILES string of the molecule is Cc1cccc(CSCC(=O)NC(CN)CC(C)C)c1. The molecule has 0 spiro atoms. The Morgan fingerprint density at radius 1 is 1.40 bits per heavy atom. The minimum atomic E-state index is 0.0822. The van der Waals surface area contributed by atoms with Gasteiger partial charge < -0.3 is 11.1 Å². The molecule has 0 fully saturated rings. The van der Waals surface area contributed by atoms with E-state index in [-0.39, 0.29) is 11.9 Å². The molecule has 1 aromatic carbocycles. The monoisotopic (exact) mass is 294 g/mol. The van der Waals surface area contributed by atoms with E-state index in [4.69, 9.17) is 5.73 Å². The first kappa shape index (κ1) is 17.1. The molecule has 1 amide bonds. The fourth-order valence-corrected chi connectivity index (χ4v) is 2.90. The molecule has 1 aromatic rings. The molecule has 0 bridgehead atoms. The van der Waals surface area contributed by atoms with Crippen molar-refractivity contribution in [2.24, 2.45) is 11.7 Å². The van der Waals surface area contributed by atoms with Crippen LogP contribution in [0.15, 0.2) is 24.3 Å². The molecular formula is C16H26N2OS. The topological polar surface area (TPSA) is 55.1 Å². The second kappa shape index (κ2) is 9.03. The molecule has 0 saturated heterocycles. The van der Waals surface area contributed by atoms with Crippen LogP contribution in [0.1, 0.15) is 31.4 Å². The highest BCUT2D eigenvalue weighted by Crippen LogP contribution is 2.13. The summed E-state index contributed by atoms with van der Waals surface area (Å²) in [5.74, 6) is 1.98. The van der Waals surface area contributed by atoms with E-state index in [1.54, 1.807) is 11.8 Å². The van der Waals surface area contributed by atoms with Gasteiger partial charge in [0.2, 0.25) is 5.91 Å². The van der Waals surface area contributed by atoms with Gasteiger partial charge in [0.1, 0.15) is 0 Å². The Balaban J connectivity index is 2.29. The van der Waals surface area contributed by atoms with Gasteiger partial charge in [0.25, 0.3) is 0 Å². The third-order valence-electron chi connectivity index (χ3n) is 2.99. The summed E-state index contributed by atoms with van der Waals surface area (Å²) in [7, 11) is 0. The third kappa shape index (κ3) is 6.96. The number of benzene rings is 1. The molecule has 1 rings (SSSR count). The zero-order valence-electron chi connectivity index (χ0n) is 12.7. The van der Waals surface area contributed by atoms with Crippen LogP contribution in [0.25, 0.3) is 0 Å². The highest BCUT2D eigenvalue weighted by atomic mass is 32.2. The quantitative estimate of drug-likeness (QED) is 0.775. The van der Waals surface area contributed by atoms with E-state index in [0.717, 1.165) is 12.2 Å². The molecule has 0 radical (unpaired) electrons. The van der Waals surface area contributed by atoms with Crippen molar-refractivity contribution in [2.45, 2.75) is 39.0 Å². The van der Waals surface area contributed by atoms with E-state index >= 15 is 0 Å². The summed E-state index contributed by atoms with van der Waals surface area (Å²) < 4.78 is 0. The van der Waals surface area contributed by atoms with Crippen LogP contribution in [0, 0.1) is 12.8 Å². The summed E-state index contributed by atoms with van der Waals surface area (Å²) in [5.41, 5.74) is 8.21. The molecule has 4 heteroatoms. The van der Waals surface area contributed by atoms with E-state index < -0.39 is 0 Å². The number of hydrogen-bond donors (Lipinski definition) is 2. The fraction of sp³-hybridized carbons (Fsp3) is 0.562. The second-order valence-corrected chi connectivity index (χ2v) is 6.60. The average Bonchev–Trinajstić information content (AvgIpc) is 2.37. The molecule has 0 aliphatic carbocycles. The van der Waals surface area contributed by atoms with Crippen molar-refractivity contribution < 1.29 is 4.79 Å². The summed E-state index contributed by atoms with van der Waals surface area (Å²) in [4.78, 5) is 11.9. The molecule has 0 aliphatic heterocycles. The van der Waals surface area contributed by atoms with Crippen molar-refractivity contribution in [1.29, 1.82) is 0 Å². The Labute approximate surface area is 126 Å². The van der Waals surface area contributed by atoms with Crippen LogP contribution >= 0.6 is 11.8 Å². The van der Waals surface area contributed by atoms with E-state index in [9.17, 15) is 4.79 Å². The molecule has 0 aliphatic rings. The zero-order valence-corrected chi connectivity index (χ0v) is 13.5. The van der Waals surface area contributed by atoms with Gasteiger partial charge in [0, 0.05) is 18.3 Å². The molecule has 1 atom stereocenters. The summed E-state index contributed by atoms with van der Waals surface area (Å²) in [6, 6.07) is 8.49. The number of rotatable bonds is 8. The Bertz CT molecular complexity index is 421. The van der Waals surface area contributed by atoms with Crippen LogP contribution in [0.2, 0.25) is 0 Å². The van der Waals surface area contributed by atoms with Gasteiger partial charge in [-0.05, 0) is 24.8 Å². The second-order valence-electron chi connectivity index (χ2n) is 5.61. The molecule has 0 aromatic heterocycles. The number of thioether (sulfide) groups is 1. The van der Waals surface area contributed by atoms with Gasteiger partial charge in [0.05, 0.1) is 5.75 Å². The van der Waals surface area contributed by atoms with Crippen LogP contribution in [-0.4, -0.2) is 24.2 Å². The third-order valence-corrected chi connectivity index (χ3v) is 3.99. The highest BCUT2D eigenvalue weighted by Gasteiger charge is 2.12. The smallest absolute Gasteiger partial charge is 0.230 e. The number of carbonyl (C=O) groups excluding carboxylic acids is 1. The first-order chi connectivity index (χ1) is 9.51. The van der Waals surface area contributed by atoms with Gasteiger partial charge >= 0.3 is 0 Å². The standard InChI is InChI=1S/C16H26N2OS/c1-12(2)7-15(9-17)18-16(19)11-20-10-14-6-4-5-13(3)8-14/h4-6,8,12,15H,7,9-11,17H2,1-3H3,(H,18,19). The summed E-state index contributed by atoms with van der Waals surface area (Å²) in [5, 5.41) is 3.01. The maximum atomic E-state index is 11.9. The molecule has 0 heterocycles. The van der Waals surface area contributed by atoms with Crippen molar-refractivity contribution >= 4 is 17.7 Å². The van der Waals surface area contributed by atoms with E-state index in [1.165, 1.54) is 11.1 Å². The maximum Gasteiger partial charge on any atom is 0.230 e. The summed E-state index contributed by atoms with van der Waals surface area (Å²) in [6.45, 7) is 6.87. The summed E-state index contributed by atoms with van der Waals surface area (Å²) >= 11 is 1.64. The molecule has 20 heavy (non-hydrogen) atoms. The van der Waals surface area contributed by atoms with E-state index in [0.29, 0.717) is 18.2 Å². The highest BCUT2D eigenvalue weighted by molar-refractivity contribution is 7.99. The first-order valence-corrected chi connectivity index (χ1v) is 8.29. The van der Waals surface area contributed by atoms with Crippen molar-refractivity contribution in [3.63, 3.8) is 0 Å². The number of nitrogens with two attached hydrogens (primary N) is 1. The first-order valence-electron chi connectivity index (χ1n) is 7.14. The van der Waals surface area contributed by atoms with Gasteiger partial charge in [-0.1, -0.05) is 43.7 Å². The molecular weight excluding hydrogens is 268 g/mol. The van der Waals surface area contributed by atoms with Crippen molar-refractivity contribution in [2.75, 3.05) is 12.3 Å². The Kier molecular flexibility index (Phi) is 7.70. The fourth-order valence-electron chi connectivity index (χ4n) is 2.12. The summed E-state index contributed by atoms with van der Waals surface area (Å²) in [6.07, 6.45) is 0.935. The largest absolute Gasteiger partial charge is 0.351 e. The zero-order chi connectivity index (χ0) is 15.0. The Morgan fingerprint density at radius 2 is 2.15 bits per heavy atom. The van der Waals surface area contributed by atoms with E-state index in [2.05, 4.69) is 50.4 Å². The lowest BCUT2D eigenvalue weighted by Gasteiger charge is -2.18. The van der Waals surface area contributed by atoms with Gasteiger partial charge in [0.15, 0.2) is 0 Å². The maximum absolute atomic E-state index is 11.9. The van der Waals surface area contributed by atoms with Crippen molar-refractivity contribution in [3.8, 4) is 0 Å². The van der Waals surface area contributed by atoms with Crippen LogP contribution in [0.5, 0.6) is 0 Å². The van der Waals surface area contributed by atoms with Gasteiger partial charge in [-0.15, -0.1) is 11.8 Å². The Morgan fingerprint density at radius 3 is 2.75 bits per heavy atom. The predicted octanol–water partition coefficient (Wildman–Crippen LogP) is 2.72. The van der Waals surface area contributed by atoms with Crippen LogP contribution in [0.4, 0.5) is 0 Å². The van der Waals surface area contributed by atoms with Crippen molar-refractivity contribution in [3.05, 3.63) is 35.4 Å². The molecule has 112 valence electrons. The molecule has 0 saturated carbocycles. The lowest BCUT2D eigenvalue weighted by molar-refractivity contribution is -0.119. The van der Waals surface area contributed by atoms with Crippen LogP contribution in [0.3, 0.4) is 0 Å². The van der Waals surface area contributed by atoms with Crippen molar-refractivity contribution in [1.82, 2.24) is 5.32 Å².